The largest absolute Gasteiger partial charge is 0.497 e. The molecular weight excluding hydrogens is 409 g/mol. The van der Waals surface area contributed by atoms with Gasteiger partial charge in [-0.2, -0.15) is 0 Å². The Kier molecular flexibility index (Phi) is 4.60. The summed E-state index contributed by atoms with van der Waals surface area (Å²) in [6.45, 7) is 3.45. The molecule has 1 fully saturated rings. The number of anilines is 2. The Bertz CT molecular complexity index is 1200. The van der Waals surface area contributed by atoms with Crippen LogP contribution in [0, 0.1) is 0 Å². The molecule has 1 aliphatic heterocycles. The first-order valence-corrected chi connectivity index (χ1v) is 10.1. The number of methoxy groups -OCH3 is 1. The Balaban J connectivity index is 1.43. The number of ether oxygens (including phenoxy) is 1. The van der Waals surface area contributed by atoms with Crippen LogP contribution in [0.4, 0.5) is 11.5 Å². The number of hydrogen-bond acceptors (Lipinski definition) is 5. The predicted octanol–water partition coefficient (Wildman–Crippen LogP) is 4.75. The molecular formula is C21H19Cl2N5O. The molecule has 8 heteroatoms. The molecule has 0 aliphatic carbocycles. The minimum absolute atomic E-state index is 0.577. The van der Waals surface area contributed by atoms with Gasteiger partial charge < -0.3 is 19.5 Å². The molecule has 0 saturated carbocycles. The van der Waals surface area contributed by atoms with E-state index >= 15 is 0 Å². The highest BCUT2D eigenvalue weighted by Crippen LogP contribution is 2.32. The van der Waals surface area contributed by atoms with Crippen molar-refractivity contribution in [2.24, 2.45) is 0 Å². The lowest BCUT2D eigenvalue weighted by Gasteiger charge is -2.36. The van der Waals surface area contributed by atoms with E-state index in [1.165, 1.54) is 0 Å². The molecule has 0 amide bonds. The van der Waals surface area contributed by atoms with Gasteiger partial charge in [0, 0.05) is 43.3 Å². The molecule has 148 valence electrons. The summed E-state index contributed by atoms with van der Waals surface area (Å²) in [5, 5.41) is 2.23. The Labute approximate surface area is 178 Å². The molecule has 2 aromatic heterocycles. The molecule has 1 saturated heterocycles. The van der Waals surface area contributed by atoms with Crippen LogP contribution in [0.2, 0.25) is 10.0 Å². The molecule has 0 spiro atoms. The van der Waals surface area contributed by atoms with Crippen LogP contribution in [-0.4, -0.2) is 48.2 Å². The van der Waals surface area contributed by atoms with Crippen molar-refractivity contribution in [1.29, 1.82) is 0 Å². The SMILES string of the molecule is COc1ccc2c(c1)[nH]c1c(N3CCN(c4ccc(Cl)c(Cl)c4)CC3)ncnc12. The van der Waals surface area contributed by atoms with Gasteiger partial charge in [-0.05, 0) is 30.3 Å². The van der Waals surface area contributed by atoms with Crippen molar-refractivity contribution < 1.29 is 4.74 Å². The topological polar surface area (TPSA) is 57.3 Å². The Morgan fingerprint density at radius 2 is 1.72 bits per heavy atom. The average Bonchev–Trinajstić information content (AvgIpc) is 3.13. The number of fused-ring (bicyclic) bond motifs is 3. The van der Waals surface area contributed by atoms with Crippen LogP contribution in [0.5, 0.6) is 5.75 Å². The lowest BCUT2D eigenvalue weighted by atomic mass is 10.2. The zero-order valence-corrected chi connectivity index (χ0v) is 17.3. The van der Waals surface area contributed by atoms with Gasteiger partial charge in [0.15, 0.2) is 5.82 Å². The van der Waals surface area contributed by atoms with Gasteiger partial charge in [0.25, 0.3) is 0 Å². The van der Waals surface area contributed by atoms with Crippen molar-refractivity contribution >= 4 is 56.6 Å². The number of hydrogen-bond donors (Lipinski definition) is 1. The molecule has 1 N–H and O–H groups in total. The van der Waals surface area contributed by atoms with Crippen LogP contribution in [0.1, 0.15) is 0 Å². The summed E-state index contributed by atoms with van der Waals surface area (Å²) in [6, 6.07) is 11.8. The van der Waals surface area contributed by atoms with Crippen LogP contribution < -0.4 is 14.5 Å². The van der Waals surface area contributed by atoms with Gasteiger partial charge in [-0.25, -0.2) is 9.97 Å². The maximum Gasteiger partial charge on any atom is 0.156 e. The highest BCUT2D eigenvalue weighted by atomic mass is 35.5. The number of aromatic amines is 1. The number of aromatic nitrogens is 3. The second kappa shape index (κ2) is 7.28. The van der Waals surface area contributed by atoms with Gasteiger partial charge in [-0.3, -0.25) is 0 Å². The van der Waals surface area contributed by atoms with Crippen molar-refractivity contribution in [3.8, 4) is 5.75 Å². The van der Waals surface area contributed by atoms with Gasteiger partial charge in [0.1, 0.15) is 23.1 Å². The Morgan fingerprint density at radius 3 is 2.48 bits per heavy atom. The monoisotopic (exact) mass is 427 g/mol. The van der Waals surface area contributed by atoms with E-state index in [4.69, 9.17) is 27.9 Å². The maximum absolute atomic E-state index is 6.18. The first kappa shape index (κ1) is 18.3. The van der Waals surface area contributed by atoms with E-state index in [9.17, 15) is 0 Å². The van der Waals surface area contributed by atoms with Crippen molar-refractivity contribution in [2.45, 2.75) is 0 Å². The molecule has 3 heterocycles. The molecule has 0 atom stereocenters. The zero-order chi connectivity index (χ0) is 20.0. The summed E-state index contributed by atoms with van der Waals surface area (Å²) in [5.74, 6) is 1.74. The van der Waals surface area contributed by atoms with E-state index in [-0.39, 0.29) is 0 Å². The summed E-state index contributed by atoms with van der Waals surface area (Å²) >= 11 is 12.2. The van der Waals surface area contributed by atoms with Gasteiger partial charge in [-0.1, -0.05) is 23.2 Å². The summed E-state index contributed by atoms with van der Waals surface area (Å²) in [7, 11) is 1.67. The van der Waals surface area contributed by atoms with Gasteiger partial charge in [0.05, 0.1) is 22.7 Å². The summed E-state index contributed by atoms with van der Waals surface area (Å²) < 4.78 is 5.34. The summed E-state index contributed by atoms with van der Waals surface area (Å²) in [4.78, 5) is 17.2. The number of benzene rings is 2. The van der Waals surface area contributed by atoms with Crippen LogP contribution in [0.25, 0.3) is 21.9 Å². The van der Waals surface area contributed by atoms with Gasteiger partial charge >= 0.3 is 0 Å². The van der Waals surface area contributed by atoms with E-state index < -0.39 is 0 Å². The smallest absolute Gasteiger partial charge is 0.156 e. The number of rotatable bonds is 3. The number of halogens is 2. The first-order valence-electron chi connectivity index (χ1n) is 9.39. The Hall–Kier alpha value is -2.70. The fourth-order valence-corrected chi connectivity index (χ4v) is 4.18. The lowest BCUT2D eigenvalue weighted by Crippen LogP contribution is -2.47. The van der Waals surface area contributed by atoms with Crippen LogP contribution >= 0.6 is 23.2 Å². The second-order valence-corrected chi connectivity index (χ2v) is 7.84. The minimum Gasteiger partial charge on any atom is -0.497 e. The van der Waals surface area contributed by atoms with E-state index in [1.54, 1.807) is 13.4 Å². The van der Waals surface area contributed by atoms with E-state index in [1.807, 2.05) is 36.4 Å². The molecule has 4 aromatic rings. The molecule has 5 rings (SSSR count). The third kappa shape index (κ3) is 3.22. The van der Waals surface area contributed by atoms with E-state index in [2.05, 4.69) is 24.8 Å². The van der Waals surface area contributed by atoms with Crippen LogP contribution in [0.3, 0.4) is 0 Å². The normalized spacial score (nSPS) is 14.7. The molecule has 1 aliphatic rings. The number of nitrogens with one attached hydrogen (secondary N) is 1. The maximum atomic E-state index is 6.18. The lowest BCUT2D eigenvalue weighted by molar-refractivity contribution is 0.415. The average molecular weight is 428 g/mol. The van der Waals surface area contributed by atoms with Crippen molar-refractivity contribution in [1.82, 2.24) is 15.0 Å². The van der Waals surface area contributed by atoms with Crippen molar-refractivity contribution in [2.75, 3.05) is 43.1 Å². The van der Waals surface area contributed by atoms with Crippen LogP contribution in [-0.2, 0) is 0 Å². The van der Waals surface area contributed by atoms with E-state index in [0.717, 1.165) is 65.4 Å². The number of piperazine rings is 1. The molecule has 29 heavy (non-hydrogen) atoms. The third-order valence-corrected chi connectivity index (χ3v) is 6.16. The standard InChI is InChI=1S/C21H19Cl2N5O/c1-29-14-3-4-15-18(11-14)26-20-19(15)24-12-25-21(20)28-8-6-27(7-9-28)13-2-5-16(22)17(23)10-13/h2-5,10-12,26H,6-9H2,1H3. The molecule has 0 bridgehead atoms. The summed E-state index contributed by atoms with van der Waals surface area (Å²) in [6.07, 6.45) is 1.64. The first-order chi connectivity index (χ1) is 14.1. The highest BCUT2D eigenvalue weighted by Gasteiger charge is 2.22. The quantitative estimate of drug-likeness (QED) is 0.510. The van der Waals surface area contributed by atoms with Crippen molar-refractivity contribution in [3.63, 3.8) is 0 Å². The molecule has 2 aromatic carbocycles. The molecule has 0 radical (unpaired) electrons. The molecule has 6 nitrogen and oxygen atoms in total. The fraction of sp³-hybridized carbons (Fsp3) is 0.238. The predicted molar refractivity (Wildman–Crippen MR) is 119 cm³/mol. The minimum atomic E-state index is 0.577. The number of nitrogens with zero attached hydrogens (tertiary/aromatic N) is 4. The van der Waals surface area contributed by atoms with Gasteiger partial charge in [-0.15, -0.1) is 0 Å². The summed E-state index contributed by atoms with van der Waals surface area (Å²) in [5.41, 5.74) is 3.97. The van der Waals surface area contributed by atoms with Gasteiger partial charge in [0.2, 0.25) is 0 Å². The van der Waals surface area contributed by atoms with E-state index in [0.29, 0.717) is 10.0 Å². The Morgan fingerprint density at radius 1 is 0.931 bits per heavy atom. The number of H-pyrrole nitrogens is 1. The zero-order valence-electron chi connectivity index (χ0n) is 15.8. The fourth-order valence-electron chi connectivity index (χ4n) is 3.89. The van der Waals surface area contributed by atoms with Crippen LogP contribution in [0.15, 0.2) is 42.7 Å². The second-order valence-electron chi connectivity index (χ2n) is 7.03. The highest BCUT2D eigenvalue weighted by molar-refractivity contribution is 6.42. The van der Waals surface area contributed by atoms with Crippen molar-refractivity contribution in [3.05, 3.63) is 52.8 Å². The third-order valence-electron chi connectivity index (χ3n) is 5.42. The molecule has 0 unspecified atom stereocenters.